The normalized spacial score (nSPS) is 16.8. The molecular weight excluding hydrogens is 592 g/mol. The number of carbonyl (C=O) groups excluding carboxylic acids is 3. The third-order valence-electron chi connectivity index (χ3n) is 6.08. The van der Waals surface area contributed by atoms with Crippen molar-refractivity contribution in [2.75, 3.05) is 18.5 Å². The lowest BCUT2D eigenvalue weighted by atomic mass is 9.91. The monoisotopic (exact) mass is 617 g/mol. The predicted octanol–water partition coefficient (Wildman–Crippen LogP) is 4.21. The van der Waals surface area contributed by atoms with E-state index in [-0.39, 0.29) is 18.9 Å². The molecule has 0 saturated carbocycles. The highest BCUT2D eigenvalue weighted by Gasteiger charge is 2.47. The van der Waals surface area contributed by atoms with Crippen LogP contribution in [0.3, 0.4) is 0 Å². The number of ether oxygens (including phenoxy) is 1. The van der Waals surface area contributed by atoms with Crippen molar-refractivity contribution in [2.24, 2.45) is 0 Å². The van der Waals surface area contributed by atoms with Crippen LogP contribution >= 0.6 is 22.6 Å². The van der Waals surface area contributed by atoms with Gasteiger partial charge in [-0.05, 0) is 64.0 Å². The molecule has 1 heterocycles. The average Bonchev–Trinajstić information content (AvgIpc) is 3.19. The van der Waals surface area contributed by atoms with Crippen LogP contribution in [0.4, 0.5) is 14.9 Å². The number of anilines is 1. The van der Waals surface area contributed by atoms with E-state index in [0.29, 0.717) is 14.9 Å². The van der Waals surface area contributed by atoms with Crippen LogP contribution < -0.4 is 15.4 Å². The van der Waals surface area contributed by atoms with Crippen LogP contribution in [0.15, 0.2) is 72.8 Å². The standard InChI is InChI=1S/C27H25FIN3O5/c1-16(17-5-3-2-4-6-17)24(25(34)30-22-12-9-19(29)15-21(22)28)32-26(35)23(31-27(32)36)18-7-10-20(11-8-18)37-14-13-33/h2-12,15-16,23-24,33H,13-14H2,1H3,(H,30,34)(H,31,36)/t16-,23+,24-/m0/s1. The SMILES string of the molecule is C[C@@H](c1ccccc1)[C@@H](C(=O)Nc1ccc(I)cc1F)N1C(=O)N[C@H](c2ccc(OCCO)cc2)C1=O. The lowest BCUT2D eigenvalue weighted by Crippen LogP contribution is -2.50. The van der Waals surface area contributed by atoms with Crippen molar-refractivity contribution in [1.29, 1.82) is 0 Å². The number of amides is 4. The Morgan fingerprint density at radius 3 is 2.49 bits per heavy atom. The second-order valence-electron chi connectivity index (χ2n) is 8.49. The molecule has 3 aromatic carbocycles. The molecule has 0 aromatic heterocycles. The van der Waals surface area contributed by atoms with Gasteiger partial charge in [-0.1, -0.05) is 49.4 Å². The zero-order valence-electron chi connectivity index (χ0n) is 19.9. The number of imide groups is 1. The van der Waals surface area contributed by atoms with Crippen LogP contribution in [0.25, 0.3) is 0 Å². The highest BCUT2D eigenvalue weighted by Crippen LogP contribution is 2.32. The number of carbonyl (C=O) groups is 3. The molecule has 1 saturated heterocycles. The van der Waals surface area contributed by atoms with Crippen molar-refractivity contribution in [2.45, 2.75) is 24.9 Å². The van der Waals surface area contributed by atoms with Gasteiger partial charge >= 0.3 is 6.03 Å². The second-order valence-corrected chi connectivity index (χ2v) is 9.74. The molecule has 1 aliphatic heterocycles. The molecular formula is C27H25FIN3O5. The summed E-state index contributed by atoms with van der Waals surface area (Å²) >= 11 is 1.96. The molecule has 1 fully saturated rings. The molecule has 0 radical (unpaired) electrons. The summed E-state index contributed by atoms with van der Waals surface area (Å²) in [6.45, 7) is 1.73. The number of urea groups is 1. The first-order chi connectivity index (χ1) is 17.8. The fourth-order valence-electron chi connectivity index (χ4n) is 4.21. The summed E-state index contributed by atoms with van der Waals surface area (Å²) in [5.41, 5.74) is 1.20. The van der Waals surface area contributed by atoms with Crippen molar-refractivity contribution in [3.8, 4) is 5.75 Å². The molecule has 0 spiro atoms. The summed E-state index contributed by atoms with van der Waals surface area (Å²) < 4.78 is 20.5. The maximum atomic E-state index is 14.5. The lowest BCUT2D eigenvalue weighted by molar-refractivity contribution is -0.134. The third-order valence-corrected chi connectivity index (χ3v) is 6.75. The van der Waals surface area contributed by atoms with E-state index in [0.717, 1.165) is 10.5 Å². The van der Waals surface area contributed by atoms with Crippen LogP contribution in [0, 0.1) is 9.39 Å². The Morgan fingerprint density at radius 1 is 1.14 bits per heavy atom. The number of rotatable bonds is 9. The summed E-state index contributed by atoms with van der Waals surface area (Å²) in [6, 6.07) is 16.9. The van der Waals surface area contributed by atoms with Crippen molar-refractivity contribution in [3.05, 3.63) is 93.3 Å². The average molecular weight is 617 g/mol. The van der Waals surface area contributed by atoms with E-state index in [1.165, 1.54) is 12.1 Å². The summed E-state index contributed by atoms with van der Waals surface area (Å²) in [6.07, 6.45) is 0. The van der Waals surface area contributed by atoms with Gasteiger partial charge in [0.15, 0.2) is 0 Å². The molecule has 8 nitrogen and oxygen atoms in total. The zero-order valence-corrected chi connectivity index (χ0v) is 22.0. The summed E-state index contributed by atoms with van der Waals surface area (Å²) in [5.74, 6) is -1.99. The number of hydrogen-bond donors (Lipinski definition) is 3. The number of nitrogens with one attached hydrogen (secondary N) is 2. The van der Waals surface area contributed by atoms with Gasteiger partial charge < -0.3 is 20.5 Å². The van der Waals surface area contributed by atoms with Gasteiger partial charge in [0.25, 0.3) is 5.91 Å². The lowest BCUT2D eigenvalue weighted by Gasteiger charge is -2.30. The van der Waals surface area contributed by atoms with Gasteiger partial charge in [0.2, 0.25) is 5.91 Å². The maximum Gasteiger partial charge on any atom is 0.325 e. The molecule has 3 atom stereocenters. The van der Waals surface area contributed by atoms with Crippen molar-refractivity contribution in [1.82, 2.24) is 10.2 Å². The minimum atomic E-state index is -1.24. The fraction of sp³-hybridized carbons (Fsp3) is 0.222. The number of aliphatic hydroxyl groups is 1. The first kappa shape index (κ1) is 26.6. The van der Waals surface area contributed by atoms with Gasteiger partial charge in [-0.25, -0.2) is 14.1 Å². The van der Waals surface area contributed by atoms with Gasteiger partial charge in [-0.15, -0.1) is 0 Å². The van der Waals surface area contributed by atoms with E-state index in [4.69, 9.17) is 9.84 Å². The van der Waals surface area contributed by atoms with Crippen molar-refractivity contribution < 1.29 is 28.6 Å². The molecule has 192 valence electrons. The topological polar surface area (TPSA) is 108 Å². The first-order valence-electron chi connectivity index (χ1n) is 11.6. The molecule has 1 aliphatic rings. The number of hydrogen-bond acceptors (Lipinski definition) is 5. The Labute approximate surface area is 227 Å². The summed E-state index contributed by atoms with van der Waals surface area (Å²) in [4.78, 5) is 41.1. The minimum Gasteiger partial charge on any atom is -0.491 e. The highest BCUT2D eigenvalue weighted by molar-refractivity contribution is 14.1. The molecule has 4 rings (SSSR count). The van der Waals surface area contributed by atoms with Crippen molar-refractivity contribution >= 4 is 46.1 Å². The van der Waals surface area contributed by atoms with Gasteiger partial charge in [0, 0.05) is 9.49 Å². The quantitative estimate of drug-likeness (QED) is 0.247. The van der Waals surface area contributed by atoms with Crippen LogP contribution in [0.5, 0.6) is 5.75 Å². The van der Waals surface area contributed by atoms with Crippen molar-refractivity contribution in [3.63, 3.8) is 0 Å². The number of halogens is 2. The van der Waals surface area contributed by atoms with E-state index in [9.17, 15) is 18.8 Å². The van der Waals surface area contributed by atoms with Crippen LogP contribution in [-0.2, 0) is 9.59 Å². The zero-order chi connectivity index (χ0) is 26.5. The van der Waals surface area contributed by atoms with Gasteiger partial charge in [0.05, 0.1) is 12.3 Å². The summed E-state index contributed by atoms with van der Waals surface area (Å²) in [5, 5.41) is 14.1. The smallest absolute Gasteiger partial charge is 0.325 e. The Kier molecular flexibility index (Phi) is 8.39. The fourth-order valence-corrected chi connectivity index (χ4v) is 4.66. The Hall–Kier alpha value is -3.51. The highest BCUT2D eigenvalue weighted by atomic mass is 127. The largest absolute Gasteiger partial charge is 0.491 e. The minimum absolute atomic E-state index is 0.0438. The number of aliphatic hydroxyl groups excluding tert-OH is 1. The van der Waals surface area contributed by atoms with E-state index in [1.54, 1.807) is 61.5 Å². The van der Waals surface area contributed by atoms with Gasteiger partial charge in [-0.3, -0.25) is 9.59 Å². The van der Waals surface area contributed by atoms with Gasteiger partial charge in [-0.2, -0.15) is 0 Å². The third kappa shape index (κ3) is 5.91. The molecule has 4 amide bonds. The molecule has 3 aromatic rings. The van der Waals surface area contributed by atoms with Crippen LogP contribution in [0.1, 0.15) is 30.0 Å². The van der Waals surface area contributed by atoms with E-state index >= 15 is 0 Å². The summed E-state index contributed by atoms with van der Waals surface area (Å²) in [7, 11) is 0. The number of nitrogens with zero attached hydrogens (tertiary/aromatic N) is 1. The van der Waals surface area contributed by atoms with E-state index in [2.05, 4.69) is 10.6 Å². The maximum absolute atomic E-state index is 14.5. The first-order valence-corrected chi connectivity index (χ1v) is 12.7. The predicted molar refractivity (Wildman–Crippen MR) is 144 cm³/mol. The number of benzene rings is 3. The van der Waals surface area contributed by atoms with Crippen LogP contribution in [0.2, 0.25) is 0 Å². The molecule has 37 heavy (non-hydrogen) atoms. The Morgan fingerprint density at radius 2 is 1.84 bits per heavy atom. The van der Waals surface area contributed by atoms with Gasteiger partial charge in [0.1, 0.15) is 30.3 Å². The van der Waals surface area contributed by atoms with Crippen LogP contribution in [-0.4, -0.2) is 47.1 Å². The molecule has 0 unspecified atom stereocenters. The Balaban J connectivity index is 1.64. The second kappa shape index (κ2) is 11.7. The molecule has 10 heteroatoms. The van der Waals surface area contributed by atoms with E-state index < -0.39 is 41.7 Å². The van der Waals surface area contributed by atoms with E-state index in [1.807, 2.05) is 28.7 Å². The Bertz CT molecular complexity index is 1290. The molecule has 0 bridgehead atoms. The molecule has 0 aliphatic carbocycles. The molecule has 3 N–H and O–H groups in total.